The number of rotatable bonds is 12. The third-order valence-electron chi connectivity index (χ3n) is 5.71. The van der Waals surface area contributed by atoms with Crippen molar-refractivity contribution < 1.29 is 24.1 Å². The predicted octanol–water partition coefficient (Wildman–Crippen LogP) is 5.01. The Kier molecular flexibility index (Phi) is 9.20. The standard InChI is InChI=1S/C24H34N3O4S/c1-3-4-5-9-17-30-24-23(25-32-26-24)21-13-10-16-27(29,18-21)22(31-19(2)28)15-14-20-11-7-6-8-12-20/h6-8,11-13,22,29H,3-5,9-10,14-18H2,1-2H3/q+1. The Hall–Kier alpha value is -2.29. The van der Waals surface area contributed by atoms with Crippen LogP contribution in [0, 0.1) is 0 Å². The van der Waals surface area contributed by atoms with E-state index in [1.807, 2.05) is 30.3 Å². The van der Waals surface area contributed by atoms with Gasteiger partial charge in [-0.2, -0.15) is 4.37 Å². The molecule has 1 aliphatic rings. The van der Waals surface area contributed by atoms with E-state index in [1.54, 1.807) is 0 Å². The van der Waals surface area contributed by atoms with Crippen molar-refractivity contribution >= 4 is 23.3 Å². The minimum atomic E-state index is -0.651. The van der Waals surface area contributed by atoms with Crippen molar-refractivity contribution in [1.82, 2.24) is 8.75 Å². The van der Waals surface area contributed by atoms with Gasteiger partial charge in [-0.15, -0.1) is 9.02 Å². The Morgan fingerprint density at radius 2 is 2.03 bits per heavy atom. The molecule has 0 aliphatic carbocycles. The zero-order valence-electron chi connectivity index (χ0n) is 19.0. The number of quaternary nitrogens is 1. The Labute approximate surface area is 194 Å². The van der Waals surface area contributed by atoms with Crippen molar-refractivity contribution in [2.24, 2.45) is 0 Å². The van der Waals surface area contributed by atoms with Crippen molar-refractivity contribution in [1.29, 1.82) is 0 Å². The fourth-order valence-corrected chi connectivity index (χ4v) is 4.54. The molecule has 2 unspecified atom stereocenters. The number of hydrogen-bond donors (Lipinski definition) is 1. The first-order chi connectivity index (χ1) is 15.5. The lowest BCUT2D eigenvalue weighted by molar-refractivity contribution is -1.13. The second kappa shape index (κ2) is 12.1. The average molecular weight is 461 g/mol. The highest BCUT2D eigenvalue weighted by Crippen LogP contribution is 2.32. The zero-order chi connectivity index (χ0) is 22.8. The first-order valence-corrected chi connectivity index (χ1v) is 12.2. The number of carbonyl (C=O) groups is 1. The molecular formula is C24H34N3O4S+. The minimum absolute atomic E-state index is 0.296. The summed E-state index contributed by atoms with van der Waals surface area (Å²) in [4.78, 5) is 11.8. The van der Waals surface area contributed by atoms with E-state index in [9.17, 15) is 10.0 Å². The van der Waals surface area contributed by atoms with Gasteiger partial charge in [0.1, 0.15) is 18.8 Å². The molecule has 7 nitrogen and oxygen atoms in total. The van der Waals surface area contributed by atoms with Gasteiger partial charge in [0.2, 0.25) is 0 Å². The maximum Gasteiger partial charge on any atom is 0.307 e. The molecule has 2 atom stereocenters. The van der Waals surface area contributed by atoms with Gasteiger partial charge in [0, 0.05) is 25.3 Å². The quantitative estimate of drug-likeness (QED) is 0.272. The Morgan fingerprint density at radius 1 is 1.22 bits per heavy atom. The van der Waals surface area contributed by atoms with E-state index in [2.05, 4.69) is 21.7 Å². The van der Waals surface area contributed by atoms with Crippen LogP contribution >= 0.6 is 11.7 Å². The molecule has 0 bridgehead atoms. The van der Waals surface area contributed by atoms with Crippen molar-refractivity contribution in [3.8, 4) is 5.88 Å². The van der Waals surface area contributed by atoms with E-state index in [0.717, 1.165) is 35.7 Å². The molecule has 8 heteroatoms. The Morgan fingerprint density at radius 3 is 2.78 bits per heavy atom. The highest BCUT2D eigenvalue weighted by molar-refractivity contribution is 6.99. The molecule has 1 aromatic carbocycles. The summed E-state index contributed by atoms with van der Waals surface area (Å²) in [5, 5.41) is 11.5. The number of hydrogen-bond acceptors (Lipinski definition) is 7. The summed E-state index contributed by atoms with van der Waals surface area (Å²) >= 11 is 1.12. The van der Waals surface area contributed by atoms with E-state index >= 15 is 0 Å². The minimum Gasteiger partial charge on any atom is -0.475 e. The van der Waals surface area contributed by atoms with Crippen molar-refractivity contribution in [2.45, 2.75) is 65.0 Å². The van der Waals surface area contributed by atoms with E-state index in [-0.39, 0.29) is 4.65 Å². The van der Waals surface area contributed by atoms with Crippen LogP contribution in [-0.4, -0.2) is 50.5 Å². The molecule has 0 amide bonds. The third kappa shape index (κ3) is 6.85. The molecule has 3 rings (SSSR count). The van der Waals surface area contributed by atoms with Crippen LogP contribution in [0.2, 0.25) is 0 Å². The van der Waals surface area contributed by atoms with Gasteiger partial charge in [0.25, 0.3) is 12.1 Å². The van der Waals surface area contributed by atoms with Crippen molar-refractivity contribution in [2.75, 3.05) is 19.7 Å². The van der Waals surface area contributed by atoms with Gasteiger partial charge in [-0.1, -0.05) is 62.6 Å². The molecule has 32 heavy (non-hydrogen) atoms. The summed E-state index contributed by atoms with van der Waals surface area (Å²) < 4.78 is 19.9. The van der Waals surface area contributed by atoms with Crippen LogP contribution < -0.4 is 4.74 Å². The number of unbranched alkanes of at least 4 members (excludes halogenated alkanes) is 3. The smallest absolute Gasteiger partial charge is 0.307 e. The number of carbonyl (C=O) groups excluding carboxylic acids is 1. The molecule has 174 valence electrons. The van der Waals surface area contributed by atoms with E-state index in [0.29, 0.717) is 50.5 Å². The van der Waals surface area contributed by atoms with Gasteiger partial charge in [0.05, 0.1) is 18.3 Å². The molecule has 1 aliphatic heterocycles. The summed E-state index contributed by atoms with van der Waals surface area (Å²) in [6.07, 6.45) is 7.82. The van der Waals surface area contributed by atoms with Crippen LogP contribution in [0.25, 0.3) is 5.57 Å². The maximum atomic E-state index is 11.8. The number of aryl methyl sites for hydroxylation is 1. The molecule has 1 N–H and O–H groups in total. The van der Waals surface area contributed by atoms with Gasteiger partial charge >= 0.3 is 5.97 Å². The van der Waals surface area contributed by atoms with Crippen molar-refractivity contribution in [3.63, 3.8) is 0 Å². The van der Waals surface area contributed by atoms with Gasteiger partial charge in [-0.3, -0.25) is 4.79 Å². The SMILES string of the molecule is CCCCCCOc1nsnc1C1=CCC[N+](O)(C(CCc2ccccc2)OC(C)=O)C1. The summed E-state index contributed by atoms with van der Waals surface area (Å²) in [5.41, 5.74) is 2.71. The Bertz CT molecular complexity index is 886. The van der Waals surface area contributed by atoms with E-state index < -0.39 is 12.2 Å². The van der Waals surface area contributed by atoms with Crippen LogP contribution in [0.4, 0.5) is 0 Å². The first kappa shape index (κ1) is 24.4. The molecule has 0 radical (unpaired) electrons. The fourth-order valence-electron chi connectivity index (χ4n) is 4.01. The molecule has 1 aromatic heterocycles. The fraction of sp³-hybridized carbons (Fsp3) is 0.542. The number of esters is 1. The third-order valence-corrected chi connectivity index (χ3v) is 6.22. The zero-order valence-corrected chi connectivity index (χ0v) is 19.9. The largest absolute Gasteiger partial charge is 0.475 e. The highest BCUT2D eigenvalue weighted by atomic mass is 32.1. The monoisotopic (exact) mass is 460 g/mol. The first-order valence-electron chi connectivity index (χ1n) is 11.5. The lowest BCUT2D eigenvalue weighted by Gasteiger charge is -2.38. The van der Waals surface area contributed by atoms with E-state index in [1.165, 1.54) is 19.8 Å². The summed E-state index contributed by atoms with van der Waals surface area (Å²) in [5.74, 6) is 0.136. The maximum absolute atomic E-state index is 11.8. The summed E-state index contributed by atoms with van der Waals surface area (Å²) in [6.45, 7) is 4.95. The van der Waals surface area contributed by atoms with Crippen molar-refractivity contribution in [3.05, 3.63) is 47.7 Å². The van der Waals surface area contributed by atoms with Crippen LogP contribution in [-0.2, 0) is 16.0 Å². The molecule has 0 fully saturated rings. The van der Waals surface area contributed by atoms with Gasteiger partial charge < -0.3 is 9.47 Å². The molecule has 0 spiro atoms. The number of nitrogens with zero attached hydrogens (tertiary/aromatic N) is 3. The van der Waals surface area contributed by atoms with Crippen LogP contribution in [0.15, 0.2) is 36.4 Å². The molecular weight excluding hydrogens is 426 g/mol. The predicted molar refractivity (Wildman–Crippen MR) is 124 cm³/mol. The normalized spacial score (nSPS) is 19.3. The van der Waals surface area contributed by atoms with Crippen LogP contribution in [0.3, 0.4) is 0 Å². The van der Waals surface area contributed by atoms with Crippen LogP contribution in [0.5, 0.6) is 5.88 Å². The average Bonchev–Trinajstić information content (AvgIpc) is 3.25. The topological polar surface area (TPSA) is 81.5 Å². The van der Waals surface area contributed by atoms with Crippen LogP contribution in [0.1, 0.15) is 63.6 Å². The second-order valence-corrected chi connectivity index (χ2v) is 8.83. The summed E-state index contributed by atoms with van der Waals surface area (Å²) in [7, 11) is 0. The number of hydroxylamine groups is 3. The number of benzene rings is 1. The Balaban J connectivity index is 1.68. The van der Waals surface area contributed by atoms with Gasteiger partial charge in [-0.05, 0) is 18.4 Å². The lowest BCUT2D eigenvalue weighted by Crippen LogP contribution is -2.57. The van der Waals surface area contributed by atoms with E-state index in [4.69, 9.17) is 9.47 Å². The van der Waals surface area contributed by atoms with Gasteiger partial charge in [0.15, 0.2) is 0 Å². The second-order valence-electron chi connectivity index (χ2n) is 8.30. The molecule has 0 saturated carbocycles. The lowest BCUT2D eigenvalue weighted by atomic mass is 10.0. The number of ether oxygens (including phenoxy) is 2. The molecule has 2 heterocycles. The van der Waals surface area contributed by atoms with Gasteiger partial charge in [-0.25, -0.2) is 5.21 Å². The number of aromatic nitrogens is 2. The highest BCUT2D eigenvalue weighted by Gasteiger charge is 2.42. The summed E-state index contributed by atoms with van der Waals surface area (Å²) in [6, 6.07) is 10.0. The molecule has 2 aromatic rings. The molecule has 0 saturated heterocycles.